The highest BCUT2D eigenvalue weighted by Crippen LogP contribution is 2.17. The Balaban J connectivity index is 4.20. The molecule has 0 radical (unpaired) electrons. The molecule has 0 bridgehead atoms. The van der Waals surface area contributed by atoms with Crippen LogP contribution in [-0.2, 0) is 28.6 Å². The highest BCUT2D eigenvalue weighted by Gasteiger charge is 2.19. The largest absolute Gasteiger partial charge is 0.462 e. The van der Waals surface area contributed by atoms with Gasteiger partial charge in [-0.25, -0.2) is 0 Å². The average molecular weight is 779 g/mol. The van der Waals surface area contributed by atoms with Crippen LogP contribution in [0.1, 0.15) is 266 Å². The van der Waals surface area contributed by atoms with Crippen molar-refractivity contribution >= 4 is 17.9 Å². The van der Waals surface area contributed by atoms with Crippen molar-refractivity contribution in [2.24, 2.45) is 11.8 Å². The normalized spacial score (nSPS) is 12.1. The predicted octanol–water partition coefficient (Wildman–Crippen LogP) is 15.4. The summed E-state index contributed by atoms with van der Waals surface area (Å²) in [5, 5.41) is 0. The molecule has 0 aromatic rings. The van der Waals surface area contributed by atoms with Gasteiger partial charge in [-0.3, -0.25) is 14.4 Å². The highest BCUT2D eigenvalue weighted by molar-refractivity contribution is 5.71. The van der Waals surface area contributed by atoms with Gasteiger partial charge in [0, 0.05) is 19.3 Å². The van der Waals surface area contributed by atoms with Crippen molar-refractivity contribution in [1.29, 1.82) is 0 Å². The van der Waals surface area contributed by atoms with E-state index in [2.05, 4.69) is 34.6 Å². The van der Waals surface area contributed by atoms with Crippen molar-refractivity contribution in [3.05, 3.63) is 0 Å². The van der Waals surface area contributed by atoms with Crippen LogP contribution in [-0.4, -0.2) is 37.2 Å². The number of esters is 3. The van der Waals surface area contributed by atoms with Gasteiger partial charge in [0.1, 0.15) is 13.2 Å². The molecule has 6 heteroatoms. The standard InChI is InChI=1S/C49H94O6/c1-6-7-8-9-22-31-36-41-49(52)55-46(43-54-48(51)40-35-30-26-21-17-13-15-19-24-28-33-38-45(4)5)42-53-47(50)39-34-29-25-20-16-12-10-11-14-18-23-27-32-37-44(2)3/h44-46H,6-43H2,1-5H3/t46-/m0/s1. The Bertz CT molecular complexity index is 839. The molecule has 0 unspecified atom stereocenters. The third-order valence-corrected chi connectivity index (χ3v) is 11.0. The Labute approximate surface area is 342 Å². The second kappa shape index (κ2) is 42.0. The smallest absolute Gasteiger partial charge is 0.306 e. The van der Waals surface area contributed by atoms with Crippen LogP contribution < -0.4 is 0 Å². The van der Waals surface area contributed by atoms with Crippen LogP contribution in [0.15, 0.2) is 0 Å². The molecule has 0 aliphatic carbocycles. The van der Waals surface area contributed by atoms with E-state index in [0.717, 1.165) is 69.6 Å². The Morgan fingerprint density at radius 2 is 0.600 bits per heavy atom. The van der Waals surface area contributed by atoms with Crippen LogP contribution >= 0.6 is 0 Å². The van der Waals surface area contributed by atoms with Crippen molar-refractivity contribution < 1.29 is 28.6 Å². The average Bonchev–Trinajstić information content (AvgIpc) is 3.15. The lowest BCUT2D eigenvalue weighted by Crippen LogP contribution is -2.30. The summed E-state index contributed by atoms with van der Waals surface area (Å²) in [6.45, 7) is 11.3. The number of hydrogen-bond donors (Lipinski definition) is 0. The maximum Gasteiger partial charge on any atom is 0.306 e. The minimum absolute atomic E-state index is 0.0647. The second-order valence-corrected chi connectivity index (χ2v) is 17.7. The summed E-state index contributed by atoms with van der Waals surface area (Å²) >= 11 is 0. The molecule has 0 aliphatic heterocycles. The fourth-order valence-electron chi connectivity index (χ4n) is 7.28. The van der Waals surface area contributed by atoms with Gasteiger partial charge in [-0.1, -0.05) is 227 Å². The van der Waals surface area contributed by atoms with Gasteiger partial charge in [0.15, 0.2) is 6.10 Å². The molecule has 0 N–H and O–H groups in total. The lowest BCUT2D eigenvalue weighted by Gasteiger charge is -2.18. The predicted molar refractivity (Wildman–Crippen MR) is 233 cm³/mol. The van der Waals surface area contributed by atoms with Gasteiger partial charge in [0.25, 0.3) is 0 Å². The maximum absolute atomic E-state index is 12.6. The van der Waals surface area contributed by atoms with E-state index in [1.807, 2.05) is 0 Å². The fraction of sp³-hybridized carbons (Fsp3) is 0.939. The SMILES string of the molecule is CCCCCCCCCC(=O)O[C@@H](COC(=O)CCCCCCCCCCCCCCCC(C)C)COC(=O)CCCCCCCCCCCCCC(C)C. The molecule has 0 amide bonds. The molecular weight excluding hydrogens is 685 g/mol. The van der Waals surface area contributed by atoms with Gasteiger partial charge in [-0.05, 0) is 31.1 Å². The quantitative estimate of drug-likeness (QED) is 0.0348. The number of carbonyl (C=O) groups excluding carboxylic acids is 3. The molecule has 1 atom stereocenters. The van der Waals surface area contributed by atoms with Gasteiger partial charge in [0.2, 0.25) is 0 Å². The summed E-state index contributed by atoms with van der Waals surface area (Å²) in [5.74, 6) is 0.807. The first-order chi connectivity index (χ1) is 26.7. The van der Waals surface area contributed by atoms with Crippen molar-refractivity contribution in [3.63, 3.8) is 0 Å². The first-order valence-electron chi connectivity index (χ1n) is 24.2. The number of unbranched alkanes of at least 4 members (excludes halogenated alkanes) is 28. The molecule has 0 aliphatic rings. The van der Waals surface area contributed by atoms with E-state index in [-0.39, 0.29) is 31.1 Å². The Morgan fingerprint density at radius 3 is 0.891 bits per heavy atom. The zero-order chi connectivity index (χ0) is 40.5. The maximum atomic E-state index is 12.6. The highest BCUT2D eigenvalue weighted by atomic mass is 16.6. The molecule has 55 heavy (non-hydrogen) atoms. The molecule has 0 saturated carbocycles. The van der Waals surface area contributed by atoms with E-state index in [9.17, 15) is 14.4 Å². The third-order valence-electron chi connectivity index (χ3n) is 11.0. The first kappa shape index (κ1) is 53.4. The summed E-state index contributed by atoms with van der Waals surface area (Å²) in [6.07, 6.45) is 41.0. The molecule has 0 heterocycles. The van der Waals surface area contributed by atoms with Crippen molar-refractivity contribution in [2.75, 3.05) is 13.2 Å². The lowest BCUT2D eigenvalue weighted by molar-refractivity contribution is -0.167. The lowest BCUT2D eigenvalue weighted by atomic mass is 10.0. The summed E-state index contributed by atoms with van der Waals surface area (Å²) in [4.78, 5) is 37.7. The summed E-state index contributed by atoms with van der Waals surface area (Å²) in [5.41, 5.74) is 0. The molecular formula is C49H94O6. The Hall–Kier alpha value is -1.59. The third kappa shape index (κ3) is 43.4. The van der Waals surface area contributed by atoms with Crippen LogP contribution in [0, 0.1) is 11.8 Å². The van der Waals surface area contributed by atoms with Gasteiger partial charge < -0.3 is 14.2 Å². The number of rotatable bonds is 43. The summed E-state index contributed by atoms with van der Waals surface area (Å²) < 4.78 is 16.7. The van der Waals surface area contributed by atoms with Gasteiger partial charge in [-0.2, -0.15) is 0 Å². The van der Waals surface area contributed by atoms with Crippen molar-refractivity contribution in [2.45, 2.75) is 272 Å². The van der Waals surface area contributed by atoms with E-state index in [1.165, 1.54) is 154 Å². The second-order valence-electron chi connectivity index (χ2n) is 17.7. The Morgan fingerprint density at radius 1 is 0.345 bits per heavy atom. The molecule has 6 nitrogen and oxygen atoms in total. The number of ether oxygens (including phenoxy) is 3. The van der Waals surface area contributed by atoms with Gasteiger partial charge >= 0.3 is 17.9 Å². The van der Waals surface area contributed by atoms with E-state index in [4.69, 9.17) is 14.2 Å². The zero-order valence-corrected chi connectivity index (χ0v) is 37.6. The minimum Gasteiger partial charge on any atom is -0.462 e. The van der Waals surface area contributed by atoms with Gasteiger partial charge in [-0.15, -0.1) is 0 Å². The van der Waals surface area contributed by atoms with Crippen LogP contribution in [0.4, 0.5) is 0 Å². The van der Waals surface area contributed by atoms with Crippen molar-refractivity contribution in [3.8, 4) is 0 Å². The van der Waals surface area contributed by atoms with Crippen LogP contribution in [0.2, 0.25) is 0 Å². The van der Waals surface area contributed by atoms with Crippen LogP contribution in [0.5, 0.6) is 0 Å². The van der Waals surface area contributed by atoms with E-state index >= 15 is 0 Å². The molecule has 0 aromatic carbocycles. The molecule has 0 spiro atoms. The summed E-state index contributed by atoms with van der Waals surface area (Å²) in [6, 6.07) is 0. The van der Waals surface area contributed by atoms with E-state index in [0.29, 0.717) is 19.3 Å². The van der Waals surface area contributed by atoms with E-state index < -0.39 is 6.10 Å². The van der Waals surface area contributed by atoms with E-state index in [1.54, 1.807) is 0 Å². The van der Waals surface area contributed by atoms with Gasteiger partial charge in [0.05, 0.1) is 0 Å². The zero-order valence-electron chi connectivity index (χ0n) is 37.6. The molecule has 326 valence electrons. The number of carbonyl (C=O) groups is 3. The first-order valence-corrected chi connectivity index (χ1v) is 24.2. The Kier molecular flexibility index (Phi) is 40.8. The molecule has 0 fully saturated rings. The van der Waals surface area contributed by atoms with Crippen molar-refractivity contribution in [1.82, 2.24) is 0 Å². The summed E-state index contributed by atoms with van der Waals surface area (Å²) in [7, 11) is 0. The number of hydrogen-bond acceptors (Lipinski definition) is 6. The molecule has 0 saturated heterocycles. The molecule has 0 rings (SSSR count). The minimum atomic E-state index is -0.759. The fourth-order valence-corrected chi connectivity index (χ4v) is 7.28. The monoisotopic (exact) mass is 779 g/mol. The molecule has 0 aromatic heterocycles. The van der Waals surface area contributed by atoms with Crippen LogP contribution in [0.25, 0.3) is 0 Å². The topological polar surface area (TPSA) is 78.9 Å². The van der Waals surface area contributed by atoms with Crippen LogP contribution in [0.3, 0.4) is 0 Å².